The minimum Gasteiger partial charge on any atom is -0.350 e. The van der Waals surface area contributed by atoms with Gasteiger partial charge in [0.25, 0.3) is 0 Å². The summed E-state index contributed by atoms with van der Waals surface area (Å²) in [6.45, 7) is 0. The minimum atomic E-state index is -0.697. The molecule has 0 aliphatic heterocycles. The lowest BCUT2D eigenvalue weighted by Crippen LogP contribution is -2.37. The number of nitrogens with zero attached hydrogens (tertiary/aromatic N) is 1. The molecule has 0 spiro atoms. The van der Waals surface area contributed by atoms with E-state index in [1.807, 2.05) is 5.43 Å². The summed E-state index contributed by atoms with van der Waals surface area (Å²) < 4.78 is 0. The monoisotopic (exact) mass is 126 g/mol. The molecule has 0 heterocycles. The van der Waals surface area contributed by atoms with Crippen LogP contribution in [0, 0.1) is 11.3 Å². The Morgan fingerprint density at radius 1 is 1.78 bits per heavy atom. The molecular formula is C4H6N4O. The SMILES string of the molecule is N#C/C=C/NNC(N)=O. The van der Waals surface area contributed by atoms with E-state index in [4.69, 9.17) is 5.26 Å². The van der Waals surface area contributed by atoms with Crippen LogP contribution in [-0.4, -0.2) is 6.03 Å². The standard InChI is InChI=1S/C4H6N4O/c5-2-1-3-7-8-4(6)9/h1,3,7H,(H3,6,8,9)/b3-1+. The van der Waals surface area contributed by atoms with Gasteiger partial charge in [0.1, 0.15) is 0 Å². The van der Waals surface area contributed by atoms with Crippen molar-refractivity contribution in [3.8, 4) is 6.07 Å². The molecule has 2 amide bonds. The van der Waals surface area contributed by atoms with Crippen LogP contribution in [0.3, 0.4) is 0 Å². The van der Waals surface area contributed by atoms with Gasteiger partial charge in [0.2, 0.25) is 0 Å². The van der Waals surface area contributed by atoms with Gasteiger partial charge in [-0.05, 0) is 0 Å². The molecule has 0 radical (unpaired) electrons. The first kappa shape index (κ1) is 7.30. The zero-order valence-electron chi connectivity index (χ0n) is 4.59. The van der Waals surface area contributed by atoms with Gasteiger partial charge in [-0.3, -0.25) is 5.43 Å². The number of primary amides is 1. The molecule has 0 atom stereocenters. The van der Waals surface area contributed by atoms with E-state index in [1.165, 1.54) is 6.20 Å². The van der Waals surface area contributed by atoms with E-state index in [2.05, 4.69) is 11.2 Å². The summed E-state index contributed by atoms with van der Waals surface area (Å²) in [5.41, 5.74) is 8.93. The summed E-state index contributed by atoms with van der Waals surface area (Å²) in [5, 5.41) is 7.91. The van der Waals surface area contributed by atoms with Crippen molar-refractivity contribution in [3.63, 3.8) is 0 Å². The molecule has 5 heteroatoms. The van der Waals surface area contributed by atoms with Gasteiger partial charge in [0.05, 0.1) is 6.07 Å². The van der Waals surface area contributed by atoms with Crippen LogP contribution >= 0.6 is 0 Å². The number of hydrazine groups is 1. The van der Waals surface area contributed by atoms with Gasteiger partial charge in [0.15, 0.2) is 0 Å². The Labute approximate surface area is 52.1 Å². The highest BCUT2D eigenvalue weighted by molar-refractivity contribution is 5.71. The van der Waals surface area contributed by atoms with Gasteiger partial charge >= 0.3 is 6.03 Å². The highest BCUT2D eigenvalue weighted by atomic mass is 16.2. The maximum atomic E-state index is 9.89. The lowest BCUT2D eigenvalue weighted by atomic mass is 10.7. The molecule has 0 aromatic carbocycles. The van der Waals surface area contributed by atoms with E-state index in [-0.39, 0.29) is 0 Å². The predicted molar refractivity (Wildman–Crippen MR) is 30.6 cm³/mol. The molecule has 0 aromatic heterocycles. The number of rotatable bonds is 2. The largest absolute Gasteiger partial charge is 0.350 e. The normalized spacial score (nSPS) is 8.33. The molecule has 0 saturated carbocycles. The third kappa shape index (κ3) is 6.30. The van der Waals surface area contributed by atoms with Gasteiger partial charge in [-0.15, -0.1) is 0 Å². The quantitative estimate of drug-likeness (QED) is 0.334. The first-order valence-corrected chi connectivity index (χ1v) is 2.13. The lowest BCUT2D eigenvalue weighted by Gasteiger charge is -1.95. The third-order valence-electron chi connectivity index (χ3n) is 0.437. The number of allylic oxidation sites excluding steroid dienone is 1. The fourth-order valence-electron chi connectivity index (χ4n) is 0.192. The van der Waals surface area contributed by atoms with E-state index < -0.39 is 6.03 Å². The average Bonchev–Trinajstić information content (AvgIpc) is 1.80. The van der Waals surface area contributed by atoms with Crippen LogP contribution in [0.5, 0.6) is 0 Å². The molecule has 9 heavy (non-hydrogen) atoms. The van der Waals surface area contributed by atoms with Gasteiger partial charge in [-0.1, -0.05) is 0 Å². The van der Waals surface area contributed by atoms with Crippen molar-refractivity contribution >= 4 is 6.03 Å². The molecular weight excluding hydrogens is 120 g/mol. The summed E-state index contributed by atoms with van der Waals surface area (Å²) in [4.78, 5) is 9.89. The molecule has 4 N–H and O–H groups in total. The van der Waals surface area contributed by atoms with Crippen LogP contribution in [0.1, 0.15) is 0 Å². The van der Waals surface area contributed by atoms with Gasteiger partial charge in [-0.25, -0.2) is 4.79 Å². The molecule has 48 valence electrons. The Bertz CT molecular complexity index is 156. The number of nitrogens with two attached hydrogens (primary N) is 1. The lowest BCUT2D eigenvalue weighted by molar-refractivity contribution is 0.246. The number of hydrogen-bond donors (Lipinski definition) is 3. The molecule has 5 nitrogen and oxygen atoms in total. The second-order valence-electron chi connectivity index (χ2n) is 1.10. The summed E-state index contributed by atoms with van der Waals surface area (Å²) in [6.07, 6.45) is 2.42. The maximum Gasteiger partial charge on any atom is 0.330 e. The minimum absolute atomic E-state index is 0.697. The van der Waals surface area contributed by atoms with E-state index in [0.29, 0.717) is 0 Å². The number of nitriles is 1. The summed E-state index contributed by atoms with van der Waals surface area (Å²) >= 11 is 0. The van der Waals surface area contributed by atoms with Crippen molar-refractivity contribution in [2.75, 3.05) is 0 Å². The number of urea groups is 1. The zero-order valence-corrected chi connectivity index (χ0v) is 4.59. The van der Waals surface area contributed by atoms with E-state index in [9.17, 15) is 4.79 Å². The van der Waals surface area contributed by atoms with Gasteiger partial charge in [0, 0.05) is 12.3 Å². The number of hydrogen-bond acceptors (Lipinski definition) is 3. The van der Waals surface area contributed by atoms with Crippen molar-refractivity contribution < 1.29 is 4.79 Å². The van der Waals surface area contributed by atoms with Crippen molar-refractivity contribution in [3.05, 3.63) is 12.3 Å². The van der Waals surface area contributed by atoms with Crippen molar-refractivity contribution in [1.82, 2.24) is 10.9 Å². The Morgan fingerprint density at radius 3 is 2.89 bits per heavy atom. The van der Waals surface area contributed by atoms with Crippen LogP contribution in [0.2, 0.25) is 0 Å². The Balaban J connectivity index is 3.22. The van der Waals surface area contributed by atoms with Gasteiger partial charge < -0.3 is 11.2 Å². The van der Waals surface area contributed by atoms with E-state index >= 15 is 0 Å². The Hall–Kier alpha value is -1.70. The maximum absolute atomic E-state index is 9.89. The second kappa shape index (κ2) is 4.46. The highest BCUT2D eigenvalue weighted by Gasteiger charge is 1.80. The van der Waals surface area contributed by atoms with Crippen molar-refractivity contribution in [1.29, 1.82) is 5.26 Å². The number of nitrogens with one attached hydrogen (secondary N) is 2. The predicted octanol–water partition coefficient (Wildman–Crippen LogP) is -0.803. The fourth-order valence-corrected chi connectivity index (χ4v) is 0.192. The van der Waals surface area contributed by atoms with Crippen molar-refractivity contribution in [2.45, 2.75) is 0 Å². The molecule has 0 aromatic rings. The molecule has 0 aliphatic rings. The molecule has 0 fully saturated rings. The average molecular weight is 126 g/mol. The number of carbonyl (C=O) groups is 1. The molecule has 0 unspecified atom stereocenters. The molecule has 0 aliphatic carbocycles. The van der Waals surface area contributed by atoms with Gasteiger partial charge in [-0.2, -0.15) is 5.26 Å². The molecule has 0 bridgehead atoms. The van der Waals surface area contributed by atoms with E-state index in [1.54, 1.807) is 6.07 Å². The Morgan fingerprint density at radius 2 is 2.44 bits per heavy atom. The smallest absolute Gasteiger partial charge is 0.330 e. The highest BCUT2D eigenvalue weighted by Crippen LogP contribution is 1.57. The van der Waals surface area contributed by atoms with Crippen molar-refractivity contribution in [2.24, 2.45) is 5.73 Å². The summed E-state index contributed by atoms with van der Waals surface area (Å²) in [6, 6.07) is 1.01. The summed E-state index contributed by atoms with van der Waals surface area (Å²) in [5.74, 6) is 0. The number of carbonyl (C=O) groups excluding carboxylic acids is 1. The first-order chi connectivity index (χ1) is 4.27. The van der Waals surface area contributed by atoms with Crippen LogP contribution in [-0.2, 0) is 0 Å². The number of amides is 2. The summed E-state index contributed by atoms with van der Waals surface area (Å²) in [7, 11) is 0. The van der Waals surface area contributed by atoms with Crippen LogP contribution in [0.4, 0.5) is 4.79 Å². The van der Waals surface area contributed by atoms with Crippen LogP contribution < -0.4 is 16.6 Å². The molecule has 0 rings (SSSR count). The Kier molecular flexibility index (Phi) is 3.62. The zero-order chi connectivity index (χ0) is 7.11. The first-order valence-electron chi connectivity index (χ1n) is 2.13. The molecule has 0 saturated heterocycles. The second-order valence-corrected chi connectivity index (χ2v) is 1.10. The van der Waals surface area contributed by atoms with E-state index in [0.717, 1.165) is 6.08 Å². The third-order valence-corrected chi connectivity index (χ3v) is 0.437. The van der Waals surface area contributed by atoms with Crippen LogP contribution in [0.15, 0.2) is 12.3 Å². The fraction of sp³-hybridized carbons (Fsp3) is 0. The topological polar surface area (TPSA) is 90.9 Å². The van der Waals surface area contributed by atoms with Crippen LogP contribution in [0.25, 0.3) is 0 Å².